The highest BCUT2D eigenvalue weighted by Crippen LogP contribution is 2.37. The number of nitrogens with two attached hydrogens (primary N) is 1. The van der Waals surface area contributed by atoms with Gasteiger partial charge in [-0.05, 0) is 74.4 Å². The number of para-hydroxylation sites is 1. The predicted molar refractivity (Wildman–Crippen MR) is 158 cm³/mol. The zero-order chi connectivity index (χ0) is 28.2. The highest BCUT2D eigenvalue weighted by molar-refractivity contribution is 7.14. The lowest BCUT2D eigenvalue weighted by molar-refractivity contribution is -0.123. The van der Waals surface area contributed by atoms with Gasteiger partial charge in [0, 0.05) is 43.0 Å². The lowest BCUT2D eigenvalue weighted by Gasteiger charge is -2.32. The van der Waals surface area contributed by atoms with Crippen LogP contribution in [-0.2, 0) is 17.9 Å². The van der Waals surface area contributed by atoms with E-state index >= 15 is 0 Å². The number of aliphatic hydroxyl groups excluding tert-OH is 1. The minimum atomic E-state index is -1.24. The second kappa shape index (κ2) is 12.7. The molecule has 9 heteroatoms. The lowest BCUT2D eigenvalue weighted by Crippen LogP contribution is -2.40. The molecule has 1 unspecified atom stereocenters. The van der Waals surface area contributed by atoms with Gasteiger partial charge < -0.3 is 25.6 Å². The molecule has 0 aliphatic carbocycles. The van der Waals surface area contributed by atoms with Gasteiger partial charge in [-0.3, -0.25) is 9.69 Å². The minimum absolute atomic E-state index is 0.0490. The first-order chi connectivity index (χ1) is 19.3. The molecule has 2 aromatic carbocycles. The minimum Gasteiger partial charge on any atom is -0.488 e. The topological polar surface area (TPSA) is 112 Å². The largest absolute Gasteiger partial charge is 0.488 e. The number of primary amides is 1. The Morgan fingerprint density at radius 2 is 1.93 bits per heavy atom. The Kier molecular flexibility index (Phi) is 9.05. The molecule has 2 aliphatic rings. The van der Waals surface area contributed by atoms with Crippen molar-refractivity contribution in [3.63, 3.8) is 0 Å². The normalized spacial score (nSPS) is 18.8. The SMILES string of the molecule is Cc1cc(CN2CCCC(C(N)=O)C2)ccc1COc1c(C)cccc1-c1csc(N2CCC(C(O)O)CC2)n1. The maximum atomic E-state index is 11.6. The molecule has 8 nitrogen and oxygen atoms in total. The van der Waals surface area contributed by atoms with Gasteiger partial charge in [0.2, 0.25) is 5.91 Å². The number of aliphatic hydroxyl groups is 2. The number of aryl methyl sites for hydroxylation is 2. The number of likely N-dealkylation sites (tertiary alicyclic amines) is 1. The van der Waals surface area contributed by atoms with Crippen LogP contribution in [0.4, 0.5) is 5.13 Å². The zero-order valence-corrected chi connectivity index (χ0v) is 24.2. The van der Waals surface area contributed by atoms with Crippen molar-refractivity contribution >= 4 is 22.4 Å². The molecule has 40 heavy (non-hydrogen) atoms. The number of nitrogens with zero attached hydrogens (tertiary/aromatic N) is 3. The number of carbonyl (C=O) groups excluding carboxylic acids is 1. The molecule has 4 N–H and O–H groups in total. The molecule has 0 radical (unpaired) electrons. The van der Waals surface area contributed by atoms with Gasteiger partial charge in [-0.1, -0.05) is 30.3 Å². The van der Waals surface area contributed by atoms with Crippen molar-refractivity contribution in [2.24, 2.45) is 17.6 Å². The molecular weight excluding hydrogens is 524 g/mol. The van der Waals surface area contributed by atoms with Gasteiger partial charge in [-0.15, -0.1) is 11.3 Å². The van der Waals surface area contributed by atoms with Crippen LogP contribution >= 0.6 is 11.3 Å². The average molecular weight is 565 g/mol. The van der Waals surface area contributed by atoms with Crippen LogP contribution < -0.4 is 15.4 Å². The molecule has 2 fully saturated rings. The van der Waals surface area contributed by atoms with Gasteiger partial charge in [-0.25, -0.2) is 4.98 Å². The van der Waals surface area contributed by atoms with E-state index in [2.05, 4.69) is 59.4 Å². The second-order valence-corrected chi connectivity index (χ2v) is 12.1. The number of ether oxygens (including phenoxy) is 1. The molecule has 0 spiro atoms. The Morgan fingerprint density at radius 3 is 2.65 bits per heavy atom. The van der Waals surface area contributed by atoms with E-state index in [-0.39, 0.29) is 17.7 Å². The average Bonchev–Trinajstić information content (AvgIpc) is 3.43. The number of hydrogen-bond acceptors (Lipinski definition) is 8. The summed E-state index contributed by atoms with van der Waals surface area (Å²) in [5, 5.41) is 22.0. The van der Waals surface area contributed by atoms with Crippen LogP contribution in [0.5, 0.6) is 5.75 Å². The summed E-state index contributed by atoms with van der Waals surface area (Å²) in [6.45, 7) is 8.73. The van der Waals surface area contributed by atoms with Gasteiger partial charge in [0.1, 0.15) is 12.4 Å². The van der Waals surface area contributed by atoms with Gasteiger partial charge in [0.25, 0.3) is 0 Å². The number of aromatic nitrogens is 1. The molecule has 0 saturated carbocycles. The summed E-state index contributed by atoms with van der Waals surface area (Å²) < 4.78 is 6.45. The Balaban J connectivity index is 1.24. The van der Waals surface area contributed by atoms with E-state index in [0.717, 1.165) is 91.7 Å². The van der Waals surface area contributed by atoms with E-state index in [1.165, 1.54) is 11.1 Å². The Morgan fingerprint density at radius 1 is 1.12 bits per heavy atom. The maximum Gasteiger partial charge on any atom is 0.221 e. The summed E-state index contributed by atoms with van der Waals surface area (Å²) in [6, 6.07) is 12.7. The Hall–Kier alpha value is -2.98. The van der Waals surface area contributed by atoms with Crippen LogP contribution in [0.2, 0.25) is 0 Å². The summed E-state index contributed by atoms with van der Waals surface area (Å²) in [5.41, 5.74) is 12.0. The first kappa shape index (κ1) is 28.5. The molecule has 3 aromatic rings. The smallest absolute Gasteiger partial charge is 0.221 e. The van der Waals surface area contributed by atoms with Crippen molar-refractivity contribution in [3.05, 3.63) is 64.0 Å². The summed E-state index contributed by atoms with van der Waals surface area (Å²) in [5.74, 6) is 0.535. The van der Waals surface area contributed by atoms with Crippen molar-refractivity contribution in [1.82, 2.24) is 9.88 Å². The molecule has 3 heterocycles. The highest BCUT2D eigenvalue weighted by Gasteiger charge is 2.26. The molecule has 214 valence electrons. The molecule has 5 rings (SSSR count). The third-order valence-electron chi connectivity index (χ3n) is 8.30. The number of thiazole rings is 1. The van der Waals surface area contributed by atoms with Gasteiger partial charge in [0.05, 0.1) is 11.6 Å². The summed E-state index contributed by atoms with van der Waals surface area (Å²) in [7, 11) is 0. The van der Waals surface area contributed by atoms with E-state index in [1.807, 2.05) is 6.07 Å². The van der Waals surface area contributed by atoms with Crippen LogP contribution in [0, 0.1) is 25.7 Å². The van der Waals surface area contributed by atoms with Crippen molar-refractivity contribution in [2.75, 3.05) is 31.1 Å². The summed E-state index contributed by atoms with van der Waals surface area (Å²) in [6.07, 6.45) is 2.14. The fourth-order valence-electron chi connectivity index (χ4n) is 5.83. The second-order valence-electron chi connectivity index (χ2n) is 11.2. The van der Waals surface area contributed by atoms with Crippen LogP contribution in [0.3, 0.4) is 0 Å². The van der Waals surface area contributed by atoms with Crippen molar-refractivity contribution in [2.45, 2.75) is 59.0 Å². The molecule has 2 aliphatic heterocycles. The van der Waals surface area contributed by atoms with Gasteiger partial charge in [0.15, 0.2) is 11.4 Å². The van der Waals surface area contributed by atoms with E-state index in [4.69, 9.17) is 15.5 Å². The van der Waals surface area contributed by atoms with Crippen LogP contribution in [0.1, 0.15) is 47.9 Å². The third kappa shape index (κ3) is 6.66. The van der Waals surface area contributed by atoms with Crippen LogP contribution in [0.25, 0.3) is 11.3 Å². The maximum absolute atomic E-state index is 11.6. The van der Waals surface area contributed by atoms with E-state index in [1.54, 1.807) is 11.3 Å². The standard InChI is InChI=1S/C31H40N4O4S/c1-20-5-3-7-26(27-19-40-31(33-27)35-13-10-23(11-14-35)30(37)38)28(20)39-18-25-9-8-22(15-21(25)2)16-34-12-4-6-24(17-34)29(32)36/h3,5,7-9,15,19,23-24,30,37-38H,4,6,10-14,16-18H2,1-2H3,(H2,32,36). The van der Waals surface area contributed by atoms with E-state index in [0.29, 0.717) is 6.61 Å². The van der Waals surface area contributed by atoms with Crippen molar-refractivity contribution in [3.8, 4) is 17.0 Å². The Labute approximate surface area is 240 Å². The van der Waals surface area contributed by atoms with Gasteiger partial charge in [-0.2, -0.15) is 0 Å². The Bertz CT molecular complexity index is 1320. The zero-order valence-electron chi connectivity index (χ0n) is 23.4. The third-order valence-corrected chi connectivity index (χ3v) is 9.21. The lowest BCUT2D eigenvalue weighted by atomic mass is 9.96. The first-order valence-electron chi connectivity index (χ1n) is 14.2. The van der Waals surface area contributed by atoms with Crippen molar-refractivity contribution in [1.29, 1.82) is 0 Å². The number of benzene rings is 2. The first-order valence-corrected chi connectivity index (χ1v) is 15.1. The highest BCUT2D eigenvalue weighted by atomic mass is 32.1. The molecule has 1 aromatic heterocycles. The van der Waals surface area contributed by atoms with E-state index in [9.17, 15) is 15.0 Å². The summed E-state index contributed by atoms with van der Waals surface area (Å²) >= 11 is 1.61. The number of amides is 1. The summed E-state index contributed by atoms with van der Waals surface area (Å²) in [4.78, 5) is 21.1. The molecule has 1 atom stereocenters. The fourth-order valence-corrected chi connectivity index (χ4v) is 6.71. The number of rotatable bonds is 9. The van der Waals surface area contributed by atoms with Crippen LogP contribution in [-0.4, -0.2) is 58.5 Å². The molecule has 1 amide bonds. The fraction of sp³-hybridized carbons (Fsp3) is 0.484. The molecular formula is C31H40N4O4S. The molecule has 0 bridgehead atoms. The number of piperidine rings is 2. The monoisotopic (exact) mass is 564 g/mol. The van der Waals surface area contributed by atoms with E-state index < -0.39 is 6.29 Å². The quantitative estimate of drug-likeness (QED) is 0.334. The predicted octanol–water partition coefficient (Wildman–Crippen LogP) is 4.23. The number of hydrogen-bond donors (Lipinski definition) is 3. The number of carbonyl (C=O) groups is 1. The number of anilines is 1. The molecule has 2 saturated heterocycles. The van der Waals surface area contributed by atoms with Crippen molar-refractivity contribution < 1.29 is 19.7 Å². The van der Waals surface area contributed by atoms with Crippen LogP contribution in [0.15, 0.2) is 41.8 Å². The van der Waals surface area contributed by atoms with Gasteiger partial charge >= 0.3 is 0 Å².